The Bertz CT molecular complexity index is 1520. The second-order valence-corrected chi connectivity index (χ2v) is 8.58. The molecule has 0 aromatic heterocycles. The Kier molecular flexibility index (Phi) is 5.71. The highest BCUT2D eigenvalue weighted by atomic mass is 19.4. The molecule has 0 fully saturated rings. The molecule has 0 heterocycles. The van der Waals surface area contributed by atoms with E-state index in [0.29, 0.717) is 11.1 Å². The van der Waals surface area contributed by atoms with E-state index in [9.17, 15) is 18.0 Å². The van der Waals surface area contributed by atoms with Gasteiger partial charge in [0.15, 0.2) is 5.78 Å². The van der Waals surface area contributed by atoms with Gasteiger partial charge in [0.25, 0.3) is 0 Å². The molecule has 0 N–H and O–H groups in total. The normalized spacial score (nSPS) is 12.7. The van der Waals surface area contributed by atoms with Crippen molar-refractivity contribution < 1.29 is 18.0 Å². The molecule has 5 rings (SSSR count). The third-order valence-electron chi connectivity index (χ3n) is 6.23. The summed E-state index contributed by atoms with van der Waals surface area (Å²) in [6.45, 7) is 0. The van der Waals surface area contributed by atoms with Crippen molar-refractivity contribution in [2.45, 2.75) is 25.4 Å². The fourth-order valence-corrected chi connectivity index (χ4v) is 4.60. The molecular formula is C30H21F3O. The molecule has 1 nitrogen and oxygen atoms in total. The van der Waals surface area contributed by atoms with E-state index in [1.165, 1.54) is 0 Å². The van der Waals surface area contributed by atoms with E-state index >= 15 is 0 Å². The maximum Gasteiger partial charge on any atom is 0.390 e. The SMILES string of the molecule is O=C(CCC(C#Cc1ccc2ccc3cccc4ccc1c2c34)CC(F)(F)F)c1ccccc1. The summed E-state index contributed by atoms with van der Waals surface area (Å²) in [4.78, 5) is 12.4. The van der Waals surface area contributed by atoms with Crippen LogP contribution >= 0.6 is 0 Å². The lowest BCUT2D eigenvalue weighted by atomic mass is 9.91. The molecule has 0 aliphatic rings. The summed E-state index contributed by atoms with van der Waals surface area (Å²) in [6.07, 6.45) is -5.30. The third kappa shape index (κ3) is 4.47. The van der Waals surface area contributed by atoms with Gasteiger partial charge in [0.05, 0.1) is 6.42 Å². The molecule has 0 saturated heterocycles. The third-order valence-corrected chi connectivity index (χ3v) is 6.23. The number of Topliss-reactive ketones (excluding diaryl/α,β-unsaturated/α-hetero) is 1. The Morgan fingerprint density at radius 2 is 1.41 bits per heavy atom. The number of rotatable bonds is 5. The lowest BCUT2D eigenvalue weighted by Gasteiger charge is -2.14. The van der Waals surface area contributed by atoms with Gasteiger partial charge in [-0.05, 0) is 44.8 Å². The average molecular weight is 454 g/mol. The smallest absolute Gasteiger partial charge is 0.294 e. The highest BCUT2D eigenvalue weighted by molar-refractivity contribution is 6.23. The van der Waals surface area contributed by atoms with Crippen molar-refractivity contribution in [1.82, 2.24) is 0 Å². The summed E-state index contributed by atoms with van der Waals surface area (Å²) < 4.78 is 39.8. The number of hydrogen-bond donors (Lipinski definition) is 0. The molecule has 168 valence electrons. The average Bonchev–Trinajstić information content (AvgIpc) is 2.84. The quantitative estimate of drug-likeness (QED) is 0.149. The summed E-state index contributed by atoms with van der Waals surface area (Å²) in [7, 11) is 0. The van der Waals surface area contributed by atoms with Crippen LogP contribution in [0.3, 0.4) is 0 Å². The van der Waals surface area contributed by atoms with Gasteiger partial charge in [0.1, 0.15) is 0 Å². The zero-order chi connectivity index (χ0) is 23.7. The summed E-state index contributed by atoms with van der Waals surface area (Å²) in [6, 6.07) is 26.8. The van der Waals surface area contributed by atoms with Gasteiger partial charge in [-0.1, -0.05) is 90.7 Å². The molecule has 0 saturated carbocycles. The molecule has 0 bridgehead atoms. The van der Waals surface area contributed by atoms with Crippen LogP contribution in [0.5, 0.6) is 0 Å². The van der Waals surface area contributed by atoms with Gasteiger partial charge >= 0.3 is 6.18 Å². The Labute approximate surface area is 195 Å². The Morgan fingerprint density at radius 1 is 0.765 bits per heavy atom. The predicted octanol–water partition coefficient (Wildman–Crippen LogP) is 8.17. The summed E-state index contributed by atoms with van der Waals surface area (Å²) in [5.74, 6) is 4.75. The zero-order valence-electron chi connectivity index (χ0n) is 18.3. The van der Waals surface area contributed by atoms with E-state index < -0.39 is 18.5 Å². The first-order chi connectivity index (χ1) is 16.4. The highest BCUT2D eigenvalue weighted by Crippen LogP contribution is 2.36. The van der Waals surface area contributed by atoms with Gasteiger partial charge in [0, 0.05) is 23.5 Å². The molecule has 1 unspecified atom stereocenters. The van der Waals surface area contributed by atoms with E-state index in [2.05, 4.69) is 36.1 Å². The van der Waals surface area contributed by atoms with Crippen LogP contribution in [0.4, 0.5) is 13.2 Å². The maximum atomic E-state index is 13.3. The molecular weight excluding hydrogens is 433 g/mol. The van der Waals surface area contributed by atoms with Crippen molar-refractivity contribution in [3.63, 3.8) is 0 Å². The first kappa shape index (κ1) is 22.0. The Morgan fingerprint density at radius 3 is 2.12 bits per heavy atom. The first-order valence-electron chi connectivity index (χ1n) is 11.2. The van der Waals surface area contributed by atoms with Crippen molar-refractivity contribution in [2.24, 2.45) is 5.92 Å². The number of carbonyl (C=O) groups is 1. The minimum absolute atomic E-state index is 0.0257. The number of hydrogen-bond acceptors (Lipinski definition) is 1. The summed E-state index contributed by atoms with van der Waals surface area (Å²) >= 11 is 0. The van der Waals surface area contributed by atoms with Crippen LogP contribution < -0.4 is 0 Å². The molecule has 4 heteroatoms. The number of carbonyl (C=O) groups excluding carboxylic acids is 1. The molecule has 0 aliphatic heterocycles. The minimum atomic E-state index is -4.35. The molecule has 0 spiro atoms. The monoisotopic (exact) mass is 454 g/mol. The van der Waals surface area contributed by atoms with Crippen LogP contribution in [-0.2, 0) is 0 Å². The van der Waals surface area contributed by atoms with Crippen molar-refractivity contribution >= 4 is 38.1 Å². The van der Waals surface area contributed by atoms with Crippen LogP contribution in [0, 0.1) is 17.8 Å². The van der Waals surface area contributed by atoms with Crippen LogP contribution in [0.1, 0.15) is 35.2 Å². The van der Waals surface area contributed by atoms with Crippen molar-refractivity contribution in [1.29, 1.82) is 0 Å². The van der Waals surface area contributed by atoms with Gasteiger partial charge in [-0.25, -0.2) is 0 Å². The lowest BCUT2D eigenvalue weighted by molar-refractivity contribution is -0.140. The van der Waals surface area contributed by atoms with E-state index in [1.54, 1.807) is 30.3 Å². The van der Waals surface area contributed by atoms with Crippen LogP contribution in [0.25, 0.3) is 32.3 Å². The molecule has 0 radical (unpaired) electrons. The second kappa shape index (κ2) is 8.83. The standard InChI is InChI=1S/C30H21F3O/c31-30(32,33)19-20(10-18-27(34)22-5-2-1-3-6-22)9-11-21-12-13-25-15-14-23-7-4-8-24-16-17-26(21)29(25)28(23)24/h1-8,12-17,20H,10,18-19H2. The Hall–Kier alpha value is -3.84. The second-order valence-electron chi connectivity index (χ2n) is 8.58. The van der Waals surface area contributed by atoms with Gasteiger partial charge in [-0.3, -0.25) is 4.79 Å². The van der Waals surface area contributed by atoms with Gasteiger partial charge < -0.3 is 0 Å². The molecule has 5 aromatic carbocycles. The van der Waals surface area contributed by atoms with Gasteiger partial charge in [0.2, 0.25) is 0 Å². The van der Waals surface area contributed by atoms with E-state index in [1.807, 2.05) is 30.3 Å². The van der Waals surface area contributed by atoms with Crippen LogP contribution in [0.2, 0.25) is 0 Å². The van der Waals surface area contributed by atoms with Crippen molar-refractivity contribution in [3.05, 3.63) is 96.1 Å². The van der Waals surface area contributed by atoms with Gasteiger partial charge in [-0.15, -0.1) is 0 Å². The van der Waals surface area contributed by atoms with E-state index in [-0.39, 0.29) is 18.6 Å². The molecule has 0 aliphatic carbocycles. The summed E-state index contributed by atoms with van der Waals surface area (Å²) in [5, 5.41) is 6.46. The molecule has 34 heavy (non-hydrogen) atoms. The number of benzene rings is 5. The molecule has 1 atom stereocenters. The zero-order valence-corrected chi connectivity index (χ0v) is 18.3. The minimum Gasteiger partial charge on any atom is -0.294 e. The van der Waals surface area contributed by atoms with Crippen LogP contribution in [0.15, 0.2) is 84.9 Å². The van der Waals surface area contributed by atoms with Gasteiger partial charge in [-0.2, -0.15) is 13.2 Å². The Balaban J connectivity index is 1.49. The largest absolute Gasteiger partial charge is 0.390 e. The van der Waals surface area contributed by atoms with Crippen molar-refractivity contribution in [3.8, 4) is 11.8 Å². The lowest BCUT2D eigenvalue weighted by Crippen LogP contribution is -2.15. The number of ketones is 1. The predicted molar refractivity (Wildman–Crippen MR) is 131 cm³/mol. The molecule has 5 aromatic rings. The maximum absolute atomic E-state index is 13.3. The van der Waals surface area contributed by atoms with Crippen molar-refractivity contribution in [2.75, 3.05) is 0 Å². The number of halogens is 3. The number of alkyl halides is 3. The van der Waals surface area contributed by atoms with Crippen LogP contribution in [-0.4, -0.2) is 12.0 Å². The van der Waals surface area contributed by atoms with E-state index in [0.717, 1.165) is 32.3 Å². The topological polar surface area (TPSA) is 17.1 Å². The fraction of sp³-hybridized carbons (Fsp3) is 0.167. The highest BCUT2D eigenvalue weighted by Gasteiger charge is 2.31. The first-order valence-corrected chi connectivity index (χ1v) is 11.2. The molecule has 0 amide bonds. The summed E-state index contributed by atoms with van der Waals surface area (Å²) in [5.41, 5.74) is 1.21. The van der Waals surface area contributed by atoms with E-state index in [4.69, 9.17) is 0 Å². The fourth-order valence-electron chi connectivity index (χ4n) is 4.60.